The Bertz CT molecular complexity index is 215. The van der Waals surface area contributed by atoms with Crippen LogP contribution in [0.4, 0.5) is 0 Å². The number of hydrogen-bond acceptors (Lipinski definition) is 2. The molecule has 56 valence electrons. The van der Waals surface area contributed by atoms with E-state index >= 15 is 0 Å². The van der Waals surface area contributed by atoms with Crippen LogP contribution in [0, 0.1) is 0 Å². The molecule has 1 aromatic heterocycles. The number of nitrogens with zero attached hydrogens (tertiary/aromatic N) is 2. The summed E-state index contributed by atoms with van der Waals surface area (Å²) in [5.74, 6) is 0. The molecule has 1 aromatic rings. The lowest BCUT2D eigenvalue weighted by Crippen LogP contribution is -2.02. The molecule has 0 spiro atoms. The van der Waals surface area contributed by atoms with Gasteiger partial charge in [0.05, 0.1) is 6.20 Å². The van der Waals surface area contributed by atoms with Crippen molar-refractivity contribution >= 4 is 0 Å². The average molecular weight is 139 g/mol. The summed E-state index contributed by atoms with van der Waals surface area (Å²) in [6.45, 7) is 2.70. The molecular formula is C7H13N3. The molecule has 10 heavy (non-hydrogen) atoms. The maximum atomic E-state index is 5.49. The molecule has 0 saturated carbocycles. The summed E-state index contributed by atoms with van der Waals surface area (Å²) in [5, 5.41) is 4.09. The Labute approximate surface area is 60.8 Å². The van der Waals surface area contributed by atoms with Crippen molar-refractivity contribution in [3.8, 4) is 0 Å². The van der Waals surface area contributed by atoms with Crippen LogP contribution >= 0.6 is 0 Å². The second kappa shape index (κ2) is 2.84. The van der Waals surface area contributed by atoms with Crippen LogP contribution in [-0.2, 0) is 20.0 Å². The lowest BCUT2D eigenvalue weighted by Gasteiger charge is -1.98. The first-order valence-corrected chi connectivity index (χ1v) is 3.49. The fourth-order valence-electron chi connectivity index (χ4n) is 1.13. The molecule has 3 nitrogen and oxygen atoms in total. The van der Waals surface area contributed by atoms with Crippen LogP contribution in [-0.4, -0.2) is 9.78 Å². The van der Waals surface area contributed by atoms with Crippen molar-refractivity contribution < 1.29 is 0 Å². The van der Waals surface area contributed by atoms with Crippen LogP contribution in [0.25, 0.3) is 0 Å². The highest BCUT2D eigenvalue weighted by atomic mass is 15.3. The van der Waals surface area contributed by atoms with Crippen molar-refractivity contribution in [2.45, 2.75) is 19.9 Å². The van der Waals surface area contributed by atoms with E-state index in [9.17, 15) is 0 Å². The third-order valence-electron chi connectivity index (χ3n) is 1.70. The molecule has 0 radical (unpaired) electrons. The van der Waals surface area contributed by atoms with Gasteiger partial charge in [0.25, 0.3) is 0 Å². The number of hydrogen-bond donors (Lipinski definition) is 1. The maximum absolute atomic E-state index is 5.49. The molecule has 1 rings (SSSR count). The molecule has 0 amide bonds. The van der Waals surface area contributed by atoms with E-state index in [-0.39, 0.29) is 0 Å². The first kappa shape index (κ1) is 7.28. The number of aryl methyl sites for hydroxylation is 1. The van der Waals surface area contributed by atoms with E-state index in [1.165, 1.54) is 5.69 Å². The van der Waals surface area contributed by atoms with Crippen LogP contribution in [0.2, 0.25) is 0 Å². The second-order valence-electron chi connectivity index (χ2n) is 2.30. The van der Waals surface area contributed by atoms with Crippen molar-refractivity contribution in [3.05, 3.63) is 17.5 Å². The molecular weight excluding hydrogens is 126 g/mol. The normalized spacial score (nSPS) is 10.3. The van der Waals surface area contributed by atoms with Gasteiger partial charge in [-0.05, 0) is 6.42 Å². The molecule has 0 bridgehead atoms. The van der Waals surface area contributed by atoms with Gasteiger partial charge in [-0.2, -0.15) is 5.10 Å². The molecule has 0 fully saturated rings. The van der Waals surface area contributed by atoms with Gasteiger partial charge in [0.1, 0.15) is 0 Å². The predicted octanol–water partition coefficient (Wildman–Crippen LogP) is 0.441. The fourth-order valence-corrected chi connectivity index (χ4v) is 1.13. The first-order chi connectivity index (χ1) is 4.79. The summed E-state index contributed by atoms with van der Waals surface area (Å²) in [4.78, 5) is 0. The van der Waals surface area contributed by atoms with Crippen molar-refractivity contribution in [1.82, 2.24) is 9.78 Å². The minimum atomic E-state index is 0.594. The highest BCUT2D eigenvalue weighted by Gasteiger charge is 2.02. The van der Waals surface area contributed by atoms with Crippen LogP contribution in [0.1, 0.15) is 18.2 Å². The predicted molar refractivity (Wildman–Crippen MR) is 40.5 cm³/mol. The van der Waals surface area contributed by atoms with Crippen LogP contribution in [0.15, 0.2) is 6.20 Å². The van der Waals surface area contributed by atoms with Gasteiger partial charge in [0.2, 0.25) is 0 Å². The van der Waals surface area contributed by atoms with Crippen molar-refractivity contribution in [3.63, 3.8) is 0 Å². The molecule has 2 N–H and O–H groups in total. The Hall–Kier alpha value is -0.830. The van der Waals surface area contributed by atoms with Crippen LogP contribution < -0.4 is 5.73 Å². The van der Waals surface area contributed by atoms with Gasteiger partial charge >= 0.3 is 0 Å². The molecule has 0 aromatic carbocycles. The zero-order valence-electron chi connectivity index (χ0n) is 6.46. The minimum absolute atomic E-state index is 0.594. The Morgan fingerprint density at radius 3 is 2.80 bits per heavy atom. The summed E-state index contributed by atoms with van der Waals surface area (Å²) in [6.07, 6.45) is 2.84. The minimum Gasteiger partial charge on any atom is -0.326 e. The Morgan fingerprint density at radius 1 is 1.70 bits per heavy atom. The standard InChI is InChI=1S/C7H13N3/c1-3-7-6(4-8)5-9-10(7)2/h5H,3-4,8H2,1-2H3. The van der Waals surface area contributed by atoms with E-state index in [4.69, 9.17) is 5.73 Å². The highest BCUT2D eigenvalue weighted by Crippen LogP contribution is 2.05. The van der Waals surface area contributed by atoms with E-state index in [0.29, 0.717) is 6.54 Å². The lowest BCUT2D eigenvalue weighted by atomic mass is 10.2. The zero-order chi connectivity index (χ0) is 7.56. The van der Waals surface area contributed by atoms with E-state index in [1.807, 2.05) is 17.9 Å². The second-order valence-corrected chi connectivity index (χ2v) is 2.30. The molecule has 3 heteroatoms. The van der Waals surface area contributed by atoms with Gasteiger partial charge in [-0.1, -0.05) is 6.92 Å². The quantitative estimate of drug-likeness (QED) is 0.646. The Morgan fingerprint density at radius 2 is 2.40 bits per heavy atom. The molecule has 1 heterocycles. The van der Waals surface area contributed by atoms with Crippen molar-refractivity contribution in [1.29, 1.82) is 0 Å². The van der Waals surface area contributed by atoms with Gasteiger partial charge < -0.3 is 5.73 Å². The van der Waals surface area contributed by atoms with Gasteiger partial charge in [-0.15, -0.1) is 0 Å². The topological polar surface area (TPSA) is 43.8 Å². The fraction of sp³-hybridized carbons (Fsp3) is 0.571. The number of nitrogens with two attached hydrogens (primary N) is 1. The molecule has 0 saturated heterocycles. The summed E-state index contributed by atoms with van der Waals surface area (Å²) < 4.78 is 1.88. The third kappa shape index (κ3) is 1.04. The molecule has 0 aliphatic rings. The SMILES string of the molecule is CCc1c(CN)cnn1C. The summed E-state index contributed by atoms with van der Waals surface area (Å²) in [7, 11) is 1.94. The van der Waals surface area contributed by atoms with E-state index < -0.39 is 0 Å². The smallest absolute Gasteiger partial charge is 0.0537 e. The largest absolute Gasteiger partial charge is 0.326 e. The van der Waals surface area contributed by atoms with Gasteiger partial charge in [0.15, 0.2) is 0 Å². The summed E-state index contributed by atoms with van der Waals surface area (Å²) in [5.41, 5.74) is 7.88. The van der Waals surface area contributed by atoms with E-state index in [2.05, 4.69) is 12.0 Å². The molecule has 0 aliphatic heterocycles. The summed E-state index contributed by atoms with van der Waals surface area (Å²) in [6, 6.07) is 0. The monoisotopic (exact) mass is 139 g/mol. The summed E-state index contributed by atoms with van der Waals surface area (Å²) >= 11 is 0. The maximum Gasteiger partial charge on any atom is 0.0537 e. The molecule has 0 atom stereocenters. The van der Waals surface area contributed by atoms with E-state index in [1.54, 1.807) is 0 Å². The molecule has 0 aliphatic carbocycles. The zero-order valence-corrected chi connectivity index (χ0v) is 6.46. The lowest BCUT2D eigenvalue weighted by molar-refractivity contribution is 0.714. The van der Waals surface area contributed by atoms with Gasteiger partial charge in [0, 0.05) is 24.8 Å². The average Bonchev–Trinajstić information content (AvgIpc) is 2.30. The van der Waals surface area contributed by atoms with E-state index in [0.717, 1.165) is 12.0 Å². The van der Waals surface area contributed by atoms with Gasteiger partial charge in [-0.25, -0.2) is 0 Å². The Balaban J connectivity index is 3.01. The third-order valence-corrected chi connectivity index (χ3v) is 1.70. The highest BCUT2D eigenvalue weighted by molar-refractivity contribution is 5.16. The number of rotatable bonds is 2. The van der Waals surface area contributed by atoms with Crippen molar-refractivity contribution in [2.75, 3.05) is 0 Å². The number of aromatic nitrogens is 2. The van der Waals surface area contributed by atoms with Gasteiger partial charge in [-0.3, -0.25) is 4.68 Å². The molecule has 0 unspecified atom stereocenters. The van der Waals surface area contributed by atoms with Crippen LogP contribution in [0.5, 0.6) is 0 Å². The van der Waals surface area contributed by atoms with Crippen LogP contribution in [0.3, 0.4) is 0 Å². The van der Waals surface area contributed by atoms with Crippen molar-refractivity contribution in [2.24, 2.45) is 12.8 Å². The Kier molecular flexibility index (Phi) is 2.06. The first-order valence-electron chi connectivity index (χ1n) is 3.49.